The van der Waals surface area contributed by atoms with Gasteiger partial charge in [-0.25, -0.2) is 4.68 Å². The van der Waals surface area contributed by atoms with Crippen LogP contribution in [0.25, 0.3) is 0 Å². The molecule has 130 valence electrons. The number of fused-ring (bicyclic) bond motifs is 3. The average molecular weight is 328 g/mol. The molecule has 24 heavy (non-hydrogen) atoms. The Hall–Kier alpha value is -1.39. The molecule has 3 atom stereocenters. The zero-order valence-electron chi connectivity index (χ0n) is 14.5. The number of hydrogen-bond acceptors (Lipinski definition) is 3. The first-order valence-electron chi connectivity index (χ1n) is 10.0. The molecular weight excluding hydrogens is 300 g/mol. The molecule has 0 spiro atoms. The van der Waals surface area contributed by atoms with Crippen LogP contribution in [-0.4, -0.2) is 38.9 Å². The zero-order valence-corrected chi connectivity index (χ0v) is 14.5. The smallest absolute Gasteiger partial charge is 0.225 e. The Balaban J connectivity index is 1.23. The van der Waals surface area contributed by atoms with E-state index < -0.39 is 0 Å². The van der Waals surface area contributed by atoms with Gasteiger partial charge in [0.1, 0.15) is 0 Å². The fourth-order valence-electron chi connectivity index (χ4n) is 5.79. The van der Waals surface area contributed by atoms with Gasteiger partial charge in [0.2, 0.25) is 5.91 Å². The van der Waals surface area contributed by atoms with Gasteiger partial charge in [-0.2, -0.15) is 0 Å². The molecule has 3 aliphatic carbocycles. The Labute approximate surface area is 143 Å². The Morgan fingerprint density at radius 3 is 2.58 bits per heavy atom. The van der Waals surface area contributed by atoms with Gasteiger partial charge in [0.25, 0.3) is 0 Å². The first-order valence-corrected chi connectivity index (χ1v) is 10.0. The predicted molar refractivity (Wildman–Crippen MR) is 90.5 cm³/mol. The largest absolute Gasteiger partial charge is 0.342 e. The van der Waals surface area contributed by atoms with Crippen molar-refractivity contribution in [1.82, 2.24) is 19.9 Å². The van der Waals surface area contributed by atoms with Crippen LogP contribution in [-0.2, 0) is 17.6 Å². The van der Waals surface area contributed by atoms with E-state index in [1.54, 1.807) is 0 Å². The van der Waals surface area contributed by atoms with Crippen molar-refractivity contribution in [1.29, 1.82) is 0 Å². The number of piperidine rings is 1. The van der Waals surface area contributed by atoms with E-state index in [0.29, 0.717) is 23.8 Å². The summed E-state index contributed by atoms with van der Waals surface area (Å²) < 4.78 is 2.20. The van der Waals surface area contributed by atoms with Gasteiger partial charge in [0, 0.05) is 19.0 Å². The highest BCUT2D eigenvalue weighted by Gasteiger charge is 2.44. The third-order valence-electron chi connectivity index (χ3n) is 7.13. The van der Waals surface area contributed by atoms with Gasteiger partial charge in [-0.15, -0.1) is 5.10 Å². The molecule has 3 fully saturated rings. The Morgan fingerprint density at radius 1 is 1.00 bits per heavy atom. The average Bonchev–Trinajstić information content (AvgIpc) is 3.36. The lowest BCUT2D eigenvalue weighted by molar-refractivity contribution is -0.138. The number of amides is 1. The van der Waals surface area contributed by atoms with E-state index in [-0.39, 0.29) is 0 Å². The highest BCUT2D eigenvalue weighted by atomic mass is 16.2. The number of carbonyl (C=O) groups is 1. The summed E-state index contributed by atoms with van der Waals surface area (Å²) in [7, 11) is 0. The molecule has 0 unspecified atom stereocenters. The van der Waals surface area contributed by atoms with Crippen LogP contribution < -0.4 is 0 Å². The molecule has 2 heterocycles. The standard InChI is InChI=1S/C19H28N4O/c24-19(16-12-13-5-6-14(16)11-13)22-9-7-15(8-10-22)23-18-4-2-1-3-17(18)20-21-23/h13-16H,1-12H2/t13-,14-,16-/m1/s1. The summed E-state index contributed by atoms with van der Waals surface area (Å²) in [5.41, 5.74) is 2.60. The predicted octanol–water partition coefficient (Wildman–Crippen LogP) is 2.76. The molecular formula is C19H28N4O. The molecule has 1 amide bonds. The number of aryl methyl sites for hydroxylation is 1. The first kappa shape index (κ1) is 14.9. The van der Waals surface area contributed by atoms with Crippen molar-refractivity contribution in [3.8, 4) is 0 Å². The van der Waals surface area contributed by atoms with Crippen LogP contribution in [0.5, 0.6) is 0 Å². The lowest BCUT2D eigenvalue weighted by Gasteiger charge is -2.35. The van der Waals surface area contributed by atoms with Gasteiger partial charge < -0.3 is 4.90 Å². The Kier molecular flexibility index (Phi) is 3.64. The minimum Gasteiger partial charge on any atom is -0.342 e. The highest BCUT2D eigenvalue weighted by Crippen LogP contribution is 2.49. The molecule has 0 aromatic carbocycles. The van der Waals surface area contributed by atoms with Crippen molar-refractivity contribution in [2.45, 2.75) is 70.3 Å². The van der Waals surface area contributed by atoms with E-state index in [1.807, 2.05) is 0 Å². The topological polar surface area (TPSA) is 51.0 Å². The molecule has 1 saturated heterocycles. The monoisotopic (exact) mass is 328 g/mol. The van der Waals surface area contributed by atoms with Crippen LogP contribution in [0.15, 0.2) is 0 Å². The summed E-state index contributed by atoms with van der Waals surface area (Å²) in [5.74, 6) is 2.35. The van der Waals surface area contributed by atoms with Crippen molar-refractivity contribution in [2.75, 3.05) is 13.1 Å². The molecule has 1 aliphatic heterocycles. The van der Waals surface area contributed by atoms with E-state index in [2.05, 4.69) is 19.9 Å². The van der Waals surface area contributed by atoms with Crippen molar-refractivity contribution in [3.63, 3.8) is 0 Å². The molecule has 5 rings (SSSR count). The second-order valence-electron chi connectivity index (χ2n) is 8.47. The SMILES string of the molecule is O=C([C@@H]1C[C@@H]2CC[C@@H]1C2)N1CCC(n2nnc3c2CCCC3)CC1. The summed E-state index contributed by atoms with van der Waals surface area (Å²) in [6.45, 7) is 1.82. The van der Waals surface area contributed by atoms with Crippen LogP contribution in [0.3, 0.4) is 0 Å². The van der Waals surface area contributed by atoms with E-state index in [1.165, 1.54) is 49.9 Å². The minimum atomic E-state index is 0.347. The number of rotatable bonds is 2. The van der Waals surface area contributed by atoms with Crippen LogP contribution >= 0.6 is 0 Å². The maximum absolute atomic E-state index is 12.9. The van der Waals surface area contributed by atoms with E-state index in [0.717, 1.165) is 44.7 Å². The number of nitrogens with zero attached hydrogens (tertiary/aromatic N) is 4. The Bertz CT molecular complexity index is 631. The van der Waals surface area contributed by atoms with E-state index in [4.69, 9.17) is 0 Å². The van der Waals surface area contributed by atoms with Crippen molar-refractivity contribution < 1.29 is 4.79 Å². The maximum Gasteiger partial charge on any atom is 0.225 e. The fourth-order valence-corrected chi connectivity index (χ4v) is 5.79. The third-order valence-corrected chi connectivity index (χ3v) is 7.13. The van der Waals surface area contributed by atoms with Gasteiger partial charge in [0.05, 0.1) is 17.4 Å². The van der Waals surface area contributed by atoms with Gasteiger partial charge >= 0.3 is 0 Å². The summed E-state index contributed by atoms with van der Waals surface area (Å²) in [5, 5.41) is 8.87. The van der Waals surface area contributed by atoms with Crippen molar-refractivity contribution in [2.24, 2.45) is 17.8 Å². The van der Waals surface area contributed by atoms with Gasteiger partial charge in [0.15, 0.2) is 0 Å². The molecule has 4 aliphatic rings. The van der Waals surface area contributed by atoms with Crippen LogP contribution in [0.4, 0.5) is 0 Å². The highest BCUT2D eigenvalue weighted by molar-refractivity contribution is 5.79. The number of aromatic nitrogens is 3. The first-order chi connectivity index (χ1) is 11.8. The van der Waals surface area contributed by atoms with E-state index in [9.17, 15) is 4.79 Å². The van der Waals surface area contributed by atoms with Crippen LogP contribution in [0, 0.1) is 17.8 Å². The second kappa shape index (κ2) is 5.85. The number of hydrogen-bond donors (Lipinski definition) is 0. The van der Waals surface area contributed by atoms with Gasteiger partial charge in [-0.3, -0.25) is 4.79 Å². The number of carbonyl (C=O) groups excluding carboxylic acids is 1. The van der Waals surface area contributed by atoms with Crippen molar-refractivity contribution in [3.05, 3.63) is 11.4 Å². The maximum atomic E-state index is 12.9. The van der Waals surface area contributed by atoms with Crippen LogP contribution in [0.2, 0.25) is 0 Å². The molecule has 5 nitrogen and oxygen atoms in total. The van der Waals surface area contributed by atoms with Gasteiger partial charge in [-0.1, -0.05) is 11.6 Å². The van der Waals surface area contributed by atoms with Crippen LogP contribution in [0.1, 0.15) is 68.8 Å². The summed E-state index contributed by atoms with van der Waals surface area (Å²) in [6.07, 6.45) is 12.0. The molecule has 1 aromatic heterocycles. The van der Waals surface area contributed by atoms with Crippen molar-refractivity contribution >= 4 is 5.91 Å². The van der Waals surface area contributed by atoms with Gasteiger partial charge in [-0.05, 0) is 69.6 Å². The molecule has 1 aromatic rings. The van der Waals surface area contributed by atoms with E-state index >= 15 is 0 Å². The molecule has 2 bridgehead atoms. The normalized spacial score (nSPS) is 33.0. The molecule has 0 N–H and O–H groups in total. The summed E-state index contributed by atoms with van der Waals surface area (Å²) in [4.78, 5) is 15.1. The molecule has 5 heteroatoms. The fraction of sp³-hybridized carbons (Fsp3) is 0.842. The zero-order chi connectivity index (χ0) is 16.1. The summed E-state index contributed by atoms with van der Waals surface area (Å²) in [6, 6.07) is 0.448. The molecule has 0 radical (unpaired) electrons. The summed E-state index contributed by atoms with van der Waals surface area (Å²) >= 11 is 0. The second-order valence-corrected chi connectivity index (χ2v) is 8.47. The minimum absolute atomic E-state index is 0.347. The quantitative estimate of drug-likeness (QED) is 0.839. The Morgan fingerprint density at radius 2 is 1.83 bits per heavy atom. The molecule has 2 saturated carbocycles. The third kappa shape index (κ3) is 2.39. The lowest BCUT2D eigenvalue weighted by Crippen LogP contribution is -2.43. The number of likely N-dealkylation sites (tertiary alicyclic amines) is 1. The lowest BCUT2D eigenvalue weighted by atomic mass is 9.87.